The van der Waals surface area contributed by atoms with Crippen molar-refractivity contribution in [3.63, 3.8) is 0 Å². The van der Waals surface area contributed by atoms with E-state index in [4.69, 9.17) is 0 Å². The molecule has 3 nitrogen and oxygen atoms in total. The maximum Gasteiger partial charge on any atom is 0.174 e. The maximum absolute atomic E-state index is 4.01. The summed E-state index contributed by atoms with van der Waals surface area (Å²) in [6.45, 7) is 4.51. The normalized spacial score (nSPS) is 15.4. The van der Waals surface area contributed by atoms with Crippen LogP contribution in [0.15, 0.2) is 9.85 Å². The molecule has 0 aromatic carbocycles. The molecular formula is C9H17N3S2. The number of hydrogen-bond acceptors (Lipinski definition) is 5. The van der Waals surface area contributed by atoms with E-state index in [0.29, 0.717) is 12.0 Å². The molecule has 80 valence electrons. The van der Waals surface area contributed by atoms with Crippen LogP contribution in [-0.4, -0.2) is 29.0 Å². The van der Waals surface area contributed by atoms with Crippen LogP contribution >= 0.6 is 23.1 Å². The Morgan fingerprint density at radius 2 is 2.43 bits per heavy atom. The van der Waals surface area contributed by atoms with E-state index in [1.54, 1.807) is 28.6 Å². The average Bonchev–Trinajstić information content (AvgIpc) is 2.71. The molecule has 1 aromatic rings. The van der Waals surface area contributed by atoms with Crippen LogP contribution in [-0.2, 0) is 0 Å². The van der Waals surface area contributed by atoms with E-state index in [-0.39, 0.29) is 0 Å². The van der Waals surface area contributed by atoms with Crippen LogP contribution in [0.5, 0.6) is 0 Å². The monoisotopic (exact) mass is 231 g/mol. The standard InChI is InChI=1S/C9H17N3S2/c1-4-7(2)8(10-3)5-13-9-12-11-6-14-9/h6-8,10H,4-5H2,1-3H3. The lowest BCUT2D eigenvalue weighted by Gasteiger charge is -2.21. The van der Waals surface area contributed by atoms with Crippen LogP contribution in [0.2, 0.25) is 0 Å². The van der Waals surface area contributed by atoms with Gasteiger partial charge < -0.3 is 5.32 Å². The predicted molar refractivity (Wildman–Crippen MR) is 62.9 cm³/mol. The van der Waals surface area contributed by atoms with Gasteiger partial charge in [-0.2, -0.15) is 0 Å². The van der Waals surface area contributed by atoms with E-state index in [2.05, 4.69) is 29.4 Å². The number of thioether (sulfide) groups is 1. The molecule has 2 atom stereocenters. The minimum atomic E-state index is 0.564. The number of aromatic nitrogens is 2. The largest absolute Gasteiger partial charge is 0.316 e. The first-order valence-corrected chi connectivity index (χ1v) is 6.70. The van der Waals surface area contributed by atoms with Crippen molar-refractivity contribution >= 4 is 23.1 Å². The molecule has 0 saturated carbocycles. The summed E-state index contributed by atoms with van der Waals surface area (Å²) in [5, 5.41) is 11.2. The Bertz CT molecular complexity index is 238. The van der Waals surface area contributed by atoms with Gasteiger partial charge in [0.1, 0.15) is 5.51 Å². The molecule has 0 radical (unpaired) electrons. The highest BCUT2D eigenvalue weighted by atomic mass is 32.2. The van der Waals surface area contributed by atoms with Gasteiger partial charge in [0.25, 0.3) is 0 Å². The van der Waals surface area contributed by atoms with Gasteiger partial charge in [-0.25, -0.2) is 0 Å². The van der Waals surface area contributed by atoms with Crippen LogP contribution in [0.1, 0.15) is 20.3 Å². The molecule has 1 N–H and O–H groups in total. The third kappa shape index (κ3) is 3.55. The number of hydrogen-bond donors (Lipinski definition) is 1. The Kier molecular flexibility index (Phi) is 5.44. The van der Waals surface area contributed by atoms with Gasteiger partial charge in [-0.3, -0.25) is 0 Å². The maximum atomic E-state index is 4.01. The zero-order valence-corrected chi connectivity index (χ0v) is 10.5. The molecule has 14 heavy (non-hydrogen) atoms. The molecule has 0 aliphatic rings. The summed E-state index contributed by atoms with van der Waals surface area (Å²) in [6, 6.07) is 0.564. The summed E-state index contributed by atoms with van der Waals surface area (Å²) in [5.74, 6) is 1.78. The Hall–Kier alpha value is -0.130. The second-order valence-electron chi connectivity index (χ2n) is 3.30. The van der Waals surface area contributed by atoms with E-state index < -0.39 is 0 Å². The zero-order chi connectivity index (χ0) is 10.4. The SMILES string of the molecule is CCC(C)C(CSc1nncs1)NC. The quantitative estimate of drug-likeness (QED) is 0.762. The van der Waals surface area contributed by atoms with E-state index in [1.165, 1.54) is 6.42 Å². The van der Waals surface area contributed by atoms with Crippen molar-refractivity contribution in [1.82, 2.24) is 15.5 Å². The number of nitrogens with zero attached hydrogens (tertiary/aromatic N) is 2. The molecule has 5 heteroatoms. The summed E-state index contributed by atoms with van der Waals surface area (Å²) in [4.78, 5) is 0. The van der Waals surface area contributed by atoms with Crippen LogP contribution in [0.3, 0.4) is 0 Å². The zero-order valence-electron chi connectivity index (χ0n) is 8.86. The summed E-state index contributed by atoms with van der Waals surface area (Å²) < 4.78 is 1.06. The van der Waals surface area contributed by atoms with Gasteiger partial charge in [0.05, 0.1) is 0 Å². The van der Waals surface area contributed by atoms with Crippen molar-refractivity contribution in [2.75, 3.05) is 12.8 Å². The number of nitrogens with one attached hydrogen (secondary N) is 1. The Balaban J connectivity index is 2.34. The first-order chi connectivity index (χ1) is 6.77. The number of rotatable bonds is 6. The van der Waals surface area contributed by atoms with E-state index in [0.717, 1.165) is 10.1 Å². The van der Waals surface area contributed by atoms with Crippen molar-refractivity contribution < 1.29 is 0 Å². The van der Waals surface area contributed by atoms with Gasteiger partial charge in [-0.15, -0.1) is 10.2 Å². The summed E-state index contributed by atoms with van der Waals surface area (Å²) >= 11 is 3.39. The Morgan fingerprint density at radius 3 is 2.93 bits per heavy atom. The molecule has 0 bridgehead atoms. The van der Waals surface area contributed by atoms with E-state index in [1.807, 2.05) is 7.05 Å². The van der Waals surface area contributed by atoms with Gasteiger partial charge >= 0.3 is 0 Å². The highest BCUT2D eigenvalue weighted by molar-refractivity contribution is 8.01. The minimum absolute atomic E-state index is 0.564. The summed E-state index contributed by atoms with van der Waals surface area (Å²) in [6.07, 6.45) is 1.21. The lowest BCUT2D eigenvalue weighted by Crippen LogP contribution is -2.34. The van der Waals surface area contributed by atoms with Crippen LogP contribution in [0, 0.1) is 5.92 Å². The van der Waals surface area contributed by atoms with Crippen molar-refractivity contribution in [3.8, 4) is 0 Å². The molecule has 0 saturated heterocycles. The van der Waals surface area contributed by atoms with E-state index in [9.17, 15) is 0 Å². The summed E-state index contributed by atoms with van der Waals surface area (Å²) in [5.41, 5.74) is 1.78. The average molecular weight is 231 g/mol. The fourth-order valence-electron chi connectivity index (χ4n) is 1.20. The lowest BCUT2D eigenvalue weighted by atomic mass is 10.0. The van der Waals surface area contributed by atoms with Crippen molar-refractivity contribution in [2.45, 2.75) is 30.6 Å². The van der Waals surface area contributed by atoms with Crippen LogP contribution < -0.4 is 5.32 Å². The van der Waals surface area contributed by atoms with Crippen molar-refractivity contribution in [2.24, 2.45) is 5.92 Å². The molecule has 0 spiro atoms. The fourth-order valence-corrected chi connectivity index (χ4v) is 3.01. The molecule has 1 heterocycles. The molecule has 1 aromatic heterocycles. The predicted octanol–water partition coefficient (Wildman–Crippen LogP) is 2.26. The highest BCUT2D eigenvalue weighted by Gasteiger charge is 2.14. The van der Waals surface area contributed by atoms with Gasteiger partial charge in [0.15, 0.2) is 4.34 Å². The molecule has 1 rings (SSSR count). The van der Waals surface area contributed by atoms with Crippen LogP contribution in [0.25, 0.3) is 0 Å². The van der Waals surface area contributed by atoms with Crippen molar-refractivity contribution in [3.05, 3.63) is 5.51 Å². The van der Waals surface area contributed by atoms with Gasteiger partial charge in [0.2, 0.25) is 0 Å². The molecular weight excluding hydrogens is 214 g/mol. The van der Waals surface area contributed by atoms with Gasteiger partial charge in [0, 0.05) is 11.8 Å². The molecule has 0 aliphatic carbocycles. The highest BCUT2D eigenvalue weighted by Crippen LogP contribution is 2.22. The third-order valence-electron chi connectivity index (χ3n) is 2.43. The Labute approximate surface area is 93.7 Å². The summed E-state index contributed by atoms with van der Waals surface area (Å²) in [7, 11) is 2.03. The first-order valence-electron chi connectivity index (χ1n) is 4.84. The van der Waals surface area contributed by atoms with E-state index >= 15 is 0 Å². The van der Waals surface area contributed by atoms with Crippen molar-refractivity contribution in [1.29, 1.82) is 0 Å². The molecule has 2 unspecified atom stereocenters. The second kappa shape index (κ2) is 6.37. The second-order valence-corrected chi connectivity index (χ2v) is 5.40. The third-order valence-corrected chi connectivity index (χ3v) is 4.41. The topological polar surface area (TPSA) is 37.8 Å². The molecule has 0 amide bonds. The fraction of sp³-hybridized carbons (Fsp3) is 0.778. The first kappa shape index (κ1) is 11.9. The Morgan fingerprint density at radius 1 is 1.64 bits per heavy atom. The lowest BCUT2D eigenvalue weighted by molar-refractivity contribution is 0.420. The molecule has 0 aliphatic heterocycles. The minimum Gasteiger partial charge on any atom is -0.316 e. The van der Waals surface area contributed by atoms with Gasteiger partial charge in [-0.05, 0) is 13.0 Å². The smallest absolute Gasteiger partial charge is 0.174 e. The van der Waals surface area contributed by atoms with Gasteiger partial charge in [-0.1, -0.05) is 43.4 Å². The van der Waals surface area contributed by atoms with Crippen LogP contribution in [0.4, 0.5) is 0 Å². The molecule has 0 fully saturated rings.